The number of halogens is 2. The zero-order chi connectivity index (χ0) is 15.0. The van der Waals surface area contributed by atoms with Crippen molar-refractivity contribution < 1.29 is 4.74 Å². The third-order valence-corrected chi connectivity index (χ3v) is 3.12. The molecule has 21 heavy (non-hydrogen) atoms. The average molecular weight is 426 g/mol. The number of hydrogen-bond acceptors (Lipinski definition) is 2. The fourth-order valence-electron chi connectivity index (χ4n) is 1.52. The van der Waals surface area contributed by atoms with Crippen molar-refractivity contribution in [1.29, 1.82) is 0 Å². The third kappa shape index (κ3) is 8.48. The number of nitrogens with zero attached hydrogens (tertiary/aromatic N) is 1. The molecule has 1 aromatic carbocycles. The van der Waals surface area contributed by atoms with E-state index in [9.17, 15) is 0 Å². The van der Waals surface area contributed by atoms with Crippen LogP contribution in [0.3, 0.4) is 0 Å². The number of nitrogens with one attached hydrogen (secondary N) is 2. The van der Waals surface area contributed by atoms with Gasteiger partial charge in [-0.3, -0.25) is 0 Å². The Bertz CT molecular complexity index is 452. The highest BCUT2D eigenvalue weighted by Gasteiger charge is 2.16. The molecule has 0 spiro atoms. The predicted octanol–water partition coefficient (Wildman–Crippen LogP) is 3.44. The molecule has 0 unspecified atom stereocenters. The van der Waals surface area contributed by atoms with Gasteiger partial charge in [-0.05, 0) is 38.5 Å². The van der Waals surface area contributed by atoms with Crippen molar-refractivity contribution in [2.75, 3.05) is 20.2 Å². The van der Waals surface area contributed by atoms with Crippen molar-refractivity contribution in [2.45, 2.75) is 32.9 Å². The molecule has 6 heteroatoms. The number of rotatable bonds is 6. The molecular formula is C15H25ClIN3O. The largest absolute Gasteiger partial charge is 0.377 e. The molecule has 0 aliphatic heterocycles. The van der Waals surface area contributed by atoms with Gasteiger partial charge in [-0.25, -0.2) is 4.99 Å². The lowest BCUT2D eigenvalue weighted by atomic mass is 10.1. The van der Waals surface area contributed by atoms with Crippen LogP contribution in [0.2, 0.25) is 5.02 Å². The first-order chi connectivity index (χ1) is 9.46. The van der Waals surface area contributed by atoms with Crippen molar-refractivity contribution in [1.82, 2.24) is 10.6 Å². The standard InChI is InChI=1S/C15H24ClN3O.HI/c1-5-17-14(19-11-15(2,3)20-4)18-10-12-7-6-8-13(16)9-12;/h6-9H,5,10-11H2,1-4H3,(H2,17,18,19);1H. The highest BCUT2D eigenvalue weighted by molar-refractivity contribution is 14.0. The highest BCUT2D eigenvalue weighted by atomic mass is 127. The lowest BCUT2D eigenvalue weighted by Gasteiger charge is -2.24. The molecule has 0 saturated carbocycles. The summed E-state index contributed by atoms with van der Waals surface area (Å²) in [7, 11) is 1.71. The molecule has 1 aromatic rings. The predicted molar refractivity (Wildman–Crippen MR) is 101 cm³/mol. The summed E-state index contributed by atoms with van der Waals surface area (Å²) in [5, 5.41) is 7.22. The van der Waals surface area contributed by atoms with Crippen molar-refractivity contribution in [2.24, 2.45) is 4.99 Å². The normalized spacial score (nSPS) is 11.8. The molecular weight excluding hydrogens is 401 g/mol. The van der Waals surface area contributed by atoms with Crippen molar-refractivity contribution >= 4 is 41.5 Å². The molecule has 0 aliphatic rings. The van der Waals surface area contributed by atoms with Gasteiger partial charge in [0, 0.05) is 25.2 Å². The molecule has 0 radical (unpaired) electrons. The molecule has 4 nitrogen and oxygen atoms in total. The Morgan fingerprint density at radius 1 is 1.33 bits per heavy atom. The number of guanidine groups is 1. The maximum atomic E-state index is 5.96. The molecule has 120 valence electrons. The number of benzene rings is 1. The Morgan fingerprint density at radius 3 is 2.62 bits per heavy atom. The molecule has 0 aromatic heterocycles. The van der Waals surface area contributed by atoms with Gasteiger partial charge in [-0.2, -0.15) is 0 Å². The van der Waals surface area contributed by atoms with Crippen LogP contribution in [0.1, 0.15) is 26.3 Å². The second-order valence-corrected chi connectivity index (χ2v) is 5.58. The molecule has 0 atom stereocenters. The van der Waals surface area contributed by atoms with Crippen LogP contribution in [-0.4, -0.2) is 31.8 Å². The Balaban J connectivity index is 0.00000400. The van der Waals surface area contributed by atoms with Crippen molar-refractivity contribution in [3.05, 3.63) is 34.9 Å². The quantitative estimate of drug-likeness (QED) is 0.417. The Labute approximate surface area is 149 Å². The number of hydrogen-bond donors (Lipinski definition) is 2. The summed E-state index contributed by atoms with van der Waals surface area (Å²) in [5.74, 6) is 0.776. The third-order valence-electron chi connectivity index (χ3n) is 2.89. The summed E-state index contributed by atoms with van der Waals surface area (Å²) in [6.07, 6.45) is 0. The van der Waals surface area contributed by atoms with Crippen molar-refractivity contribution in [3.63, 3.8) is 0 Å². The Hall–Kier alpha value is -0.530. The van der Waals surface area contributed by atoms with Crippen LogP contribution in [0.15, 0.2) is 29.3 Å². The summed E-state index contributed by atoms with van der Waals surface area (Å²) in [6.45, 7) is 8.18. The average Bonchev–Trinajstić information content (AvgIpc) is 2.42. The van der Waals surface area contributed by atoms with Gasteiger partial charge in [0.05, 0.1) is 12.1 Å². The second kappa shape index (κ2) is 10.2. The van der Waals surface area contributed by atoms with Crippen LogP contribution < -0.4 is 10.6 Å². The summed E-state index contributed by atoms with van der Waals surface area (Å²) in [6, 6.07) is 7.73. The number of aliphatic imine (C=N–C) groups is 1. The van der Waals surface area contributed by atoms with Gasteiger partial charge in [0.1, 0.15) is 0 Å². The minimum absolute atomic E-state index is 0. The molecule has 1 rings (SSSR count). The smallest absolute Gasteiger partial charge is 0.191 e. The van der Waals surface area contributed by atoms with Gasteiger partial charge in [0.15, 0.2) is 5.96 Å². The maximum Gasteiger partial charge on any atom is 0.191 e. The zero-order valence-electron chi connectivity index (χ0n) is 13.1. The van der Waals surface area contributed by atoms with Gasteiger partial charge in [0.2, 0.25) is 0 Å². The van der Waals surface area contributed by atoms with E-state index in [1.807, 2.05) is 45.0 Å². The number of ether oxygens (including phenoxy) is 1. The summed E-state index contributed by atoms with van der Waals surface area (Å²) < 4.78 is 5.38. The summed E-state index contributed by atoms with van der Waals surface area (Å²) >= 11 is 5.96. The molecule has 0 aliphatic carbocycles. The second-order valence-electron chi connectivity index (χ2n) is 5.14. The van der Waals surface area contributed by atoms with Crippen molar-refractivity contribution in [3.8, 4) is 0 Å². The van der Waals surface area contributed by atoms with E-state index in [1.54, 1.807) is 7.11 Å². The van der Waals surface area contributed by atoms with E-state index in [1.165, 1.54) is 0 Å². The minimum atomic E-state index is -0.230. The molecule has 0 saturated heterocycles. The maximum absolute atomic E-state index is 5.96. The summed E-state index contributed by atoms with van der Waals surface area (Å²) in [4.78, 5) is 4.54. The van der Waals surface area contributed by atoms with E-state index < -0.39 is 0 Å². The van der Waals surface area contributed by atoms with Gasteiger partial charge in [-0.1, -0.05) is 23.7 Å². The topological polar surface area (TPSA) is 45.7 Å². The SMILES string of the molecule is CCNC(=NCc1cccc(Cl)c1)NCC(C)(C)OC.I. The first-order valence-electron chi connectivity index (χ1n) is 6.78. The zero-order valence-corrected chi connectivity index (χ0v) is 16.2. The highest BCUT2D eigenvalue weighted by Crippen LogP contribution is 2.11. The fraction of sp³-hybridized carbons (Fsp3) is 0.533. The van der Waals surface area contributed by atoms with Gasteiger partial charge >= 0.3 is 0 Å². The first kappa shape index (κ1) is 20.5. The Morgan fingerprint density at radius 2 is 2.05 bits per heavy atom. The molecule has 0 fully saturated rings. The number of methoxy groups -OCH3 is 1. The van der Waals surface area contributed by atoms with Gasteiger partial charge in [-0.15, -0.1) is 24.0 Å². The van der Waals surface area contributed by atoms with Gasteiger partial charge in [0.25, 0.3) is 0 Å². The van der Waals surface area contributed by atoms with E-state index in [-0.39, 0.29) is 29.6 Å². The van der Waals surface area contributed by atoms with E-state index in [2.05, 4.69) is 15.6 Å². The van der Waals surface area contributed by atoms with E-state index >= 15 is 0 Å². The lowest BCUT2D eigenvalue weighted by Crippen LogP contribution is -2.45. The molecule has 0 heterocycles. The van der Waals surface area contributed by atoms with Crippen LogP contribution in [0.25, 0.3) is 0 Å². The van der Waals surface area contributed by atoms with E-state index in [0.717, 1.165) is 23.1 Å². The van der Waals surface area contributed by atoms with Crippen LogP contribution in [0.5, 0.6) is 0 Å². The van der Waals surface area contributed by atoms with Crippen LogP contribution in [0, 0.1) is 0 Å². The monoisotopic (exact) mass is 425 g/mol. The lowest BCUT2D eigenvalue weighted by molar-refractivity contribution is 0.0268. The van der Waals surface area contributed by atoms with E-state index in [0.29, 0.717) is 13.1 Å². The molecule has 0 amide bonds. The molecule has 2 N–H and O–H groups in total. The molecule has 0 bridgehead atoms. The minimum Gasteiger partial charge on any atom is -0.377 e. The van der Waals surface area contributed by atoms with Crippen LogP contribution >= 0.6 is 35.6 Å². The summed E-state index contributed by atoms with van der Waals surface area (Å²) in [5.41, 5.74) is 0.854. The first-order valence-corrected chi connectivity index (χ1v) is 7.16. The Kier molecular flexibility index (Phi) is 9.98. The van der Waals surface area contributed by atoms with Crippen LogP contribution in [-0.2, 0) is 11.3 Å². The van der Waals surface area contributed by atoms with Gasteiger partial charge < -0.3 is 15.4 Å². The van der Waals surface area contributed by atoms with E-state index in [4.69, 9.17) is 16.3 Å². The fourth-order valence-corrected chi connectivity index (χ4v) is 1.73. The van der Waals surface area contributed by atoms with Crippen LogP contribution in [0.4, 0.5) is 0 Å².